The van der Waals surface area contributed by atoms with E-state index in [4.69, 9.17) is 21.6 Å². The number of nitriles is 1. The maximum Gasteiger partial charge on any atom is 0.267 e. The lowest BCUT2D eigenvalue weighted by Gasteiger charge is -2.07. The van der Waals surface area contributed by atoms with E-state index in [0.717, 1.165) is 17.7 Å². The third-order valence-corrected chi connectivity index (χ3v) is 3.78. The lowest BCUT2D eigenvalue weighted by atomic mass is 10.1. The van der Waals surface area contributed by atoms with Gasteiger partial charge in [-0.2, -0.15) is 5.26 Å². The molecule has 2 rings (SSSR count). The Morgan fingerprint density at radius 2 is 1.96 bits per heavy atom. The summed E-state index contributed by atoms with van der Waals surface area (Å²) in [5.74, 6) is 0.298. The van der Waals surface area contributed by atoms with E-state index in [0.29, 0.717) is 17.3 Å². The van der Waals surface area contributed by atoms with Crippen molar-refractivity contribution in [1.82, 2.24) is 5.32 Å². The number of ether oxygens (including phenoxy) is 1. The van der Waals surface area contributed by atoms with Crippen LogP contribution in [0.1, 0.15) is 5.56 Å². The summed E-state index contributed by atoms with van der Waals surface area (Å²) >= 11 is 5.99. The van der Waals surface area contributed by atoms with Crippen LogP contribution in [0.5, 0.6) is 5.75 Å². The molecule has 0 fully saturated rings. The highest BCUT2D eigenvalue weighted by Gasteiger charge is 2.10. The predicted octanol–water partition coefficient (Wildman–Crippen LogP) is 3.53. The number of hydrogen-bond donors (Lipinski definition) is 2. The first-order valence-electron chi connectivity index (χ1n) is 7.66. The van der Waals surface area contributed by atoms with Crippen molar-refractivity contribution < 1.29 is 9.53 Å². The first kappa shape index (κ1) is 18.4. The van der Waals surface area contributed by atoms with Crippen LogP contribution in [-0.4, -0.2) is 19.6 Å². The third-order valence-electron chi connectivity index (χ3n) is 3.45. The van der Waals surface area contributed by atoms with E-state index < -0.39 is 5.91 Å². The molecule has 0 spiro atoms. The molecular formula is C19H18ClN3O2. The number of carbonyl (C=O) groups excluding carboxylic acids is 1. The van der Waals surface area contributed by atoms with Gasteiger partial charge in [-0.3, -0.25) is 4.79 Å². The van der Waals surface area contributed by atoms with Crippen LogP contribution in [0.2, 0.25) is 5.02 Å². The summed E-state index contributed by atoms with van der Waals surface area (Å²) in [6, 6.07) is 16.5. The molecule has 1 amide bonds. The van der Waals surface area contributed by atoms with Gasteiger partial charge in [0.2, 0.25) is 0 Å². The highest BCUT2D eigenvalue weighted by Crippen LogP contribution is 2.20. The van der Waals surface area contributed by atoms with E-state index in [9.17, 15) is 4.79 Å². The van der Waals surface area contributed by atoms with Crippen LogP contribution in [0.4, 0.5) is 5.69 Å². The van der Waals surface area contributed by atoms with E-state index in [1.807, 2.05) is 30.3 Å². The van der Waals surface area contributed by atoms with Gasteiger partial charge in [-0.15, -0.1) is 0 Å². The van der Waals surface area contributed by atoms with Crippen LogP contribution < -0.4 is 15.4 Å². The number of carbonyl (C=O) groups is 1. The molecule has 0 saturated heterocycles. The van der Waals surface area contributed by atoms with E-state index in [1.165, 1.54) is 6.20 Å². The van der Waals surface area contributed by atoms with Gasteiger partial charge in [0.05, 0.1) is 17.8 Å². The number of nitrogens with zero attached hydrogens (tertiary/aromatic N) is 1. The maximum atomic E-state index is 12.1. The minimum absolute atomic E-state index is 0.0188. The molecule has 0 aliphatic carbocycles. The van der Waals surface area contributed by atoms with Crippen LogP contribution in [0.3, 0.4) is 0 Å². The van der Waals surface area contributed by atoms with Crippen molar-refractivity contribution >= 4 is 23.2 Å². The second-order valence-electron chi connectivity index (χ2n) is 5.16. The Morgan fingerprint density at radius 1 is 1.24 bits per heavy atom. The van der Waals surface area contributed by atoms with Crippen LogP contribution in [0.25, 0.3) is 0 Å². The number of hydrogen-bond acceptors (Lipinski definition) is 4. The second kappa shape index (κ2) is 9.36. The maximum absolute atomic E-state index is 12.1. The van der Waals surface area contributed by atoms with Crippen LogP contribution in [0, 0.1) is 11.3 Å². The van der Waals surface area contributed by atoms with Gasteiger partial charge in [-0.25, -0.2) is 0 Å². The van der Waals surface area contributed by atoms with E-state index in [-0.39, 0.29) is 5.57 Å². The smallest absolute Gasteiger partial charge is 0.267 e. The summed E-state index contributed by atoms with van der Waals surface area (Å²) in [7, 11) is 1.62. The van der Waals surface area contributed by atoms with Crippen LogP contribution in [0.15, 0.2) is 60.3 Å². The Morgan fingerprint density at radius 3 is 2.60 bits per heavy atom. The zero-order valence-corrected chi connectivity index (χ0v) is 14.5. The molecular weight excluding hydrogens is 338 g/mol. The number of methoxy groups -OCH3 is 1. The lowest BCUT2D eigenvalue weighted by molar-refractivity contribution is -0.112. The molecule has 2 N–H and O–H groups in total. The molecule has 0 aliphatic heterocycles. The molecule has 25 heavy (non-hydrogen) atoms. The van der Waals surface area contributed by atoms with Crippen molar-refractivity contribution in [2.45, 2.75) is 6.42 Å². The zero-order chi connectivity index (χ0) is 18.1. The quantitative estimate of drug-likeness (QED) is 0.452. The number of anilines is 1. The van der Waals surface area contributed by atoms with Gasteiger partial charge >= 0.3 is 0 Å². The molecule has 5 nitrogen and oxygen atoms in total. The fourth-order valence-electron chi connectivity index (χ4n) is 2.08. The predicted molar refractivity (Wildman–Crippen MR) is 98.5 cm³/mol. The van der Waals surface area contributed by atoms with Crippen molar-refractivity contribution in [3.63, 3.8) is 0 Å². The van der Waals surface area contributed by atoms with Crippen LogP contribution in [-0.2, 0) is 11.2 Å². The average Bonchev–Trinajstić information content (AvgIpc) is 2.64. The topological polar surface area (TPSA) is 74.1 Å². The van der Waals surface area contributed by atoms with Gasteiger partial charge in [0.1, 0.15) is 17.4 Å². The summed E-state index contributed by atoms with van der Waals surface area (Å²) in [5, 5.41) is 15.2. The van der Waals surface area contributed by atoms with Gasteiger partial charge < -0.3 is 15.4 Å². The number of rotatable bonds is 7. The molecule has 0 aromatic heterocycles. The Hall–Kier alpha value is -2.97. The molecule has 0 bridgehead atoms. The van der Waals surface area contributed by atoms with E-state index in [1.54, 1.807) is 31.4 Å². The first-order chi connectivity index (χ1) is 12.1. The van der Waals surface area contributed by atoms with Crippen molar-refractivity contribution in [1.29, 1.82) is 5.26 Å². The molecule has 128 valence electrons. The standard InChI is InChI=1S/C19H18ClN3O2/c1-25-16-8-6-14(7-9-16)10-11-22-13-15(12-21)19(24)23-18-5-3-2-4-17(18)20/h2-9,13,22H,10-11H2,1H3,(H,23,24)/b15-13-. The minimum Gasteiger partial charge on any atom is -0.497 e. The number of nitrogens with one attached hydrogen (secondary N) is 2. The van der Waals surface area contributed by atoms with Crippen molar-refractivity contribution in [2.24, 2.45) is 0 Å². The summed E-state index contributed by atoms with van der Waals surface area (Å²) in [5.41, 5.74) is 1.57. The first-order valence-corrected chi connectivity index (χ1v) is 8.04. The van der Waals surface area contributed by atoms with Crippen molar-refractivity contribution in [2.75, 3.05) is 19.0 Å². The Bertz CT molecular complexity index is 795. The van der Waals surface area contributed by atoms with Crippen molar-refractivity contribution in [3.05, 3.63) is 70.9 Å². The largest absolute Gasteiger partial charge is 0.497 e. The van der Waals surface area contributed by atoms with Gasteiger partial charge in [0.15, 0.2) is 0 Å². The summed E-state index contributed by atoms with van der Waals surface area (Å²) in [6.07, 6.45) is 2.17. The molecule has 0 radical (unpaired) electrons. The monoisotopic (exact) mass is 355 g/mol. The SMILES string of the molecule is COc1ccc(CCN/C=C(/C#N)C(=O)Nc2ccccc2Cl)cc1. The normalized spacial score (nSPS) is 10.7. The Balaban J connectivity index is 1.88. The molecule has 0 aliphatic rings. The number of amides is 1. The van der Waals surface area contributed by atoms with Crippen LogP contribution >= 0.6 is 11.6 Å². The highest BCUT2D eigenvalue weighted by atomic mass is 35.5. The number of benzene rings is 2. The van der Waals surface area contributed by atoms with E-state index in [2.05, 4.69) is 10.6 Å². The summed E-state index contributed by atoms with van der Waals surface area (Å²) < 4.78 is 5.11. The van der Waals surface area contributed by atoms with Gasteiger partial charge in [-0.1, -0.05) is 35.9 Å². The highest BCUT2D eigenvalue weighted by molar-refractivity contribution is 6.33. The second-order valence-corrected chi connectivity index (χ2v) is 5.56. The molecule has 2 aromatic rings. The Kier molecular flexibility index (Phi) is 6.87. The zero-order valence-electron chi connectivity index (χ0n) is 13.8. The minimum atomic E-state index is -0.507. The Labute approximate surface area is 151 Å². The van der Waals surface area contributed by atoms with Gasteiger partial charge in [0, 0.05) is 12.7 Å². The summed E-state index contributed by atoms with van der Waals surface area (Å²) in [4.78, 5) is 12.1. The number of halogens is 1. The lowest BCUT2D eigenvalue weighted by Crippen LogP contribution is -2.18. The third kappa shape index (κ3) is 5.55. The van der Waals surface area contributed by atoms with Gasteiger partial charge in [-0.05, 0) is 36.2 Å². The molecule has 6 heteroatoms. The molecule has 2 aromatic carbocycles. The molecule has 0 heterocycles. The molecule has 0 saturated carbocycles. The fourth-order valence-corrected chi connectivity index (χ4v) is 2.27. The number of para-hydroxylation sites is 1. The average molecular weight is 356 g/mol. The fraction of sp³-hybridized carbons (Fsp3) is 0.158. The van der Waals surface area contributed by atoms with Crippen molar-refractivity contribution in [3.8, 4) is 11.8 Å². The summed E-state index contributed by atoms with van der Waals surface area (Å²) in [6.45, 7) is 0.594. The van der Waals surface area contributed by atoms with Gasteiger partial charge in [0.25, 0.3) is 5.91 Å². The molecule has 0 unspecified atom stereocenters. The molecule has 0 atom stereocenters. The van der Waals surface area contributed by atoms with E-state index >= 15 is 0 Å².